The fourth-order valence-electron chi connectivity index (χ4n) is 3.04. The van der Waals surface area contributed by atoms with Gasteiger partial charge in [0.25, 0.3) is 0 Å². The SMILES string of the molecule is Cl.Cl.Cl.Fc1ccc(-c2cncc(CNCCOc3cccc4cccnc34)c2)cc1. The molecule has 0 unspecified atom stereocenters. The van der Waals surface area contributed by atoms with Crippen molar-refractivity contribution >= 4 is 48.1 Å². The number of fused-ring (bicyclic) bond motifs is 1. The molecule has 0 aliphatic rings. The summed E-state index contributed by atoms with van der Waals surface area (Å²) in [6, 6.07) is 18.4. The molecule has 0 bridgehead atoms. The highest BCUT2D eigenvalue weighted by molar-refractivity contribution is 5.86. The summed E-state index contributed by atoms with van der Waals surface area (Å²) < 4.78 is 19.0. The Morgan fingerprint density at radius 1 is 0.871 bits per heavy atom. The summed E-state index contributed by atoms with van der Waals surface area (Å²) >= 11 is 0. The first-order valence-corrected chi connectivity index (χ1v) is 9.17. The average Bonchev–Trinajstić information content (AvgIpc) is 2.74. The highest BCUT2D eigenvalue weighted by atomic mass is 35.5. The van der Waals surface area contributed by atoms with Crippen molar-refractivity contribution in [2.75, 3.05) is 13.2 Å². The minimum atomic E-state index is -0.240. The fourth-order valence-corrected chi connectivity index (χ4v) is 3.04. The van der Waals surface area contributed by atoms with Crippen LogP contribution in [-0.4, -0.2) is 23.1 Å². The molecule has 4 rings (SSSR count). The van der Waals surface area contributed by atoms with Crippen LogP contribution in [0.1, 0.15) is 5.56 Å². The van der Waals surface area contributed by atoms with E-state index in [1.807, 2.05) is 36.5 Å². The number of benzene rings is 2. The van der Waals surface area contributed by atoms with Crippen molar-refractivity contribution in [3.05, 3.63) is 90.6 Å². The van der Waals surface area contributed by atoms with E-state index in [2.05, 4.69) is 21.4 Å². The number of nitrogens with one attached hydrogen (secondary N) is 1. The fraction of sp³-hybridized carbons (Fsp3) is 0.130. The predicted octanol–water partition coefficient (Wildman–Crippen LogP) is 5.87. The lowest BCUT2D eigenvalue weighted by atomic mass is 10.1. The molecule has 1 N–H and O–H groups in total. The highest BCUT2D eigenvalue weighted by Gasteiger charge is 2.03. The van der Waals surface area contributed by atoms with Crippen LogP contribution in [0.15, 0.2) is 79.3 Å². The van der Waals surface area contributed by atoms with E-state index in [1.165, 1.54) is 12.1 Å². The molecule has 31 heavy (non-hydrogen) atoms. The van der Waals surface area contributed by atoms with E-state index in [-0.39, 0.29) is 43.0 Å². The summed E-state index contributed by atoms with van der Waals surface area (Å²) in [6.45, 7) is 1.92. The predicted molar refractivity (Wildman–Crippen MR) is 130 cm³/mol. The Bertz CT molecular complexity index is 1080. The topological polar surface area (TPSA) is 47.0 Å². The first kappa shape index (κ1) is 26.6. The van der Waals surface area contributed by atoms with Crippen molar-refractivity contribution in [1.29, 1.82) is 0 Å². The molecule has 8 heteroatoms. The van der Waals surface area contributed by atoms with Crippen molar-refractivity contribution in [2.24, 2.45) is 0 Å². The molecule has 4 nitrogen and oxygen atoms in total. The van der Waals surface area contributed by atoms with Gasteiger partial charge in [-0.15, -0.1) is 37.2 Å². The van der Waals surface area contributed by atoms with Crippen LogP contribution in [0.4, 0.5) is 4.39 Å². The van der Waals surface area contributed by atoms with Gasteiger partial charge < -0.3 is 10.1 Å². The molecule has 0 amide bonds. The van der Waals surface area contributed by atoms with Gasteiger partial charge in [0.1, 0.15) is 23.7 Å². The van der Waals surface area contributed by atoms with Crippen molar-refractivity contribution < 1.29 is 9.13 Å². The van der Waals surface area contributed by atoms with Gasteiger partial charge in [0.15, 0.2) is 0 Å². The van der Waals surface area contributed by atoms with Gasteiger partial charge >= 0.3 is 0 Å². The van der Waals surface area contributed by atoms with E-state index in [4.69, 9.17) is 4.74 Å². The normalized spacial score (nSPS) is 9.84. The van der Waals surface area contributed by atoms with Crippen LogP contribution in [0.5, 0.6) is 5.75 Å². The monoisotopic (exact) mass is 481 g/mol. The molecule has 0 atom stereocenters. The lowest BCUT2D eigenvalue weighted by Gasteiger charge is -2.10. The maximum Gasteiger partial charge on any atom is 0.145 e. The van der Waals surface area contributed by atoms with Crippen molar-refractivity contribution in [1.82, 2.24) is 15.3 Å². The maximum atomic E-state index is 13.1. The zero-order valence-electron chi connectivity index (χ0n) is 16.5. The standard InChI is InChI=1S/C23H20FN3O.3ClH/c24-21-8-6-18(7-9-21)20-13-17(15-26-16-20)14-25-11-12-28-22-5-1-3-19-4-2-10-27-23(19)22;;;/h1-10,13,15-16,25H,11-12,14H2;3*1H. The second-order valence-electron chi connectivity index (χ2n) is 6.45. The molecule has 4 aromatic rings. The number of para-hydroxylation sites is 1. The van der Waals surface area contributed by atoms with Gasteiger partial charge in [-0.3, -0.25) is 9.97 Å². The molecule has 2 aromatic carbocycles. The van der Waals surface area contributed by atoms with Gasteiger partial charge in [0.05, 0.1) is 0 Å². The summed E-state index contributed by atoms with van der Waals surface area (Å²) in [5.74, 6) is 0.552. The minimum absolute atomic E-state index is 0. The van der Waals surface area contributed by atoms with Crippen LogP contribution in [0.2, 0.25) is 0 Å². The molecular formula is C23H23Cl3FN3O. The summed E-state index contributed by atoms with van der Waals surface area (Å²) in [6.07, 6.45) is 5.39. The van der Waals surface area contributed by atoms with Gasteiger partial charge in [-0.2, -0.15) is 0 Å². The van der Waals surface area contributed by atoms with E-state index < -0.39 is 0 Å². The Morgan fingerprint density at radius 3 is 2.45 bits per heavy atom. The summed E-state index contributed by atoms with van der Waals surface area (Å²) in [5, 5.41) is 4.43. The third-order valence-corrected chi connectivity index (χ3v) is 4.43. The lowest BCUT2D eigenvalue weighted by Crippen LogP contribution is -2.20. The summed E-state index contributed by atoms with van der Waals surface area (Å²) in [5.41, 5.74) is 3.86. The Kier molecular flexibility index (Phi) is 11.2. The molecule has 0 spiro atoms. The summed E-state index contributed by atoms with van der Waals surface area (Å²) in [7, 11) is 0. The van der Waals surface area contributed by atoms with Crippen molar-refractivity contribution in [3.63, 3.8) is 0 Å². The van der Waals surface area contributed by atoms with E-state index in [0.29, 0.717) is 19.7 Å². The van der Waals surface area contributed by atoms with Crippen molar-refractivity contribution in [2.45, 2.75) is 6.54 Å². The molecule has 0 saturated heterocycles. The van der Waals surface area contributed by atoms with Crippen LogP contribution in [-0.2, 0) is 6.54 Å². The third kappa shape index (κ3) is 7.04. The number of hydrogen-bond acceptors (Lipinski definition) is 4. The number of ether oxygens (including phenoxy) is 1. The van der Waals surface area contributed by atoms with Gasteiger partial charge in [-0.25, -0.2) is 4.39 Å². The Balaban J connectivity index is 0.00000160. The molecule has 2 heterocycles. The smallest absolute Gasteiger partial charge is 0.145 e. The zero-order chi connectivity index (χ0) is 19.2. The number of nitrogens with zero attached hydrogens (tertiary/aromatic N) is 2. The molecule has 2 aromatic heterocycles. The van der Waals surface area contributed by atoms with Gasteiger partial charge in [0.2, 0.25) is 0 Å². The molecule has 0 radical (unpaired) electrons. The minimum Gasteiger partial charge on any atom is -0.490 e. The second-order valence-corrected chi connectivity index (χ2v) is 6.45. The van der Waals surface area contributed by atoms with E-state index in [0.717, 1.165) is 33.3 Å². The van der Waals surface area contributed by atoms with E-state index in [1.54, 1.807) is 24.5 Å². The number of pyridine rings is 2. The first-order valence-electron chi connectivity index (χ1n) is 9.17. The van der Waals surface area contributed by atoms with Crippen LogP contribution in [0, 0.1) is 5.82 Å². The number of halogens is 4. The Morgan fingerprint density at radius 2 is 1.65 bits per heavy atom. The number of rotatable bonds is 7. The molecule has 0 saturated carbocycles. The van der Waals surface area contributed by atoms with Crippen molar-refractivity contribution in [3.8, 4) is 16.9 Å². The third-order valence-electron chi connectivity index (χ3n) is 4.43. The van der Waals surface area contributed by atoms with Crippen LogP contribution in [0.3, 0.4) is 0 Å². The first-order chi connectivity index (χ1) is 13.8. The van der Waals surface area contributed by atoms with E-state index in [9.17, 15) is 4.39 Å². The summed E-state index contributed by atoms with van der Waals surface area (Å²) in [4.78, 5) is 8.69. The molecule has 0 aliphatic heterocycles. The molecule has 0 aliphatic carbocycles. The quantitative estimate of drug-likeness (QED) is 0.335. The van der Waals surface area contributed by atoms with Crippen LogP contribution >= 0.6 is 37.2 Å². The lowest BCUT2D eigenvalue weighted by molar-refractivity contribution is 0.316. The largest absolute Gasteiger partial charge is 0.490 e. The molecule has 0 fully saturated rings. The second kappa shape index (κ2) is 13.1. The number of hydrogen-bond donors (Lipinski definition) is 1. The maximum absolute atomic E-state index is 13.1. The highest BCUT2D eigenvalue weighted by Crippen LogP contribution is 2.23. The van der Waals surface area contributed by atoms with Gasteiger partial charge in [-0.1, -0.05) is 30.3 Å². The average molecular weight is 483 g/mol. The Hall–Kier alpha value is -2.44. The number of aromatic nitrogens is 2. The Labute approximate surface area is 199 Å². The van der Waals surface area contributed by atoms with E-state index >= 15 is 0 Å². The zero-order valence-corrected chi connectivity index (χ0v) is 19.0. The van der Waals surface area contributed by atoms with Crippen LogP contribution in [0.25, 0.3) is 22.0 Å². The van der Waals surface area contributed by atoms with Gasteiger partial charge in [-0.05, 0) is 41.5 Å². The molecular weight excluding hydrogens is 460 g/mol. The van der Waals surface area contributed by atoms with Gasteiger partial charge in [0, 0.05) is 42.6 Å². The van der Waals surface area contributed by atoms with Crippen LogP contribution < -0.4 is 10.1 Å². The molecule has 164 valence electrons.